The molecule has 1 aliphatic heterocycles. The van der Waals surface area contributed by atoms with E-state index < -0.39 is 5.97 Å². The molecule has 1 heterocycles. The molecule has 4 heteroatoms. The van der Waals surface area contributed by atoms with E-state index in [9.17, 15) is 9.59 Å². The van der Waals surface area contributed by atoms with E-state index in [1.165, 1.54) is 32.1 Å². The lowest BCUT2D eigenvalue weighted by atomic mass is 9.81. The average Bonchev–Trinajstić information content (AvgIpc) is 2.53. The van der Waals surface area contributed by atoms with Crippen LogP contribution in [0.25, 0.3) is 0 Å². The van der Waals surface area contributed by atoms with Crippen LogP contribution >= 0.6 is 0 Å². The van der Waals surface area contributed by atoms with E-state index >= 15 is 0 Å². The Bertz CT molecular complexity index is 369. The minimum absolute atomic E-state index is 0.180. The van der Waals surface area contributed by atoms with Crippen LogP contribution in [0.3, 0.4) is 0 Å². The predicted octanol–water partition coefficient (Wildman–Crippen LogP) is 3.70. The first-order valence-corrected chi connectivity index (χ1v) is 9.10. The Morgan fingerprint density at radius 3 is 2.23 bits per heavy atom. The van der Waals surface area contributed by atoms with E-state index in [0.717, 1.165) is 44.7 Å². The van der Waals surface area contributed by atoms with Gasteiger partial charge in [0.1, 0.15) is 0 Å². The molecule has 1 unspecified atom stereocenters. The number of carboxylic acids is 1. The van der Waals surface area contributed by atoms with Gasteiger partial charge in [-0.25, -0.2) is 0 Å². The van der Waals surface area contributed by atoms with Gasteiger partial charge in [-0.05, 0) is 37.5 Å². The van der Waals surface area contributed by atoms with Crippen molar-refractivity contribution in [3.05, 3.63) is 0 Å². The van der Waals surface area contributed by atoms with Gasteiger partial charge in [-0.2, -0.15) is 0 Å². The van der Waals surface area contributed by atoms with Gasteiger partial charge in [0.15, 0.2) is 0 Å². The fraction of sp³-hybridized carbons (Fsp3) is 0.889. The molecule has 1 atom stereocenters. The lowest BCUT2D eigenvalue weighted by Gasteiger charge is -2.35. The molecule has 0 bridgehead atoms. The van der Waals surface area contributed by atoms with Crippen molar-refractivity contribution in [2.75, 3.05) is 13.1 Å². The number of carbonyl (C=O) groups excluding carboxylic acids is 1. The Morgan fingerprint density at radius 1 is 1.05 bits per heavy atom. The molecule has 1 saturated carbocycles. The highest BCUT2D eigenvalue weighted by Gasteiger charge is 2.29. The number of piperidine rings is 1. The van der Waals surface area contributed by atoms with Crippen LogP contribution in [-0.4, -0.2) is 35.0 Å². The average molecular weight is 309 g/mol. The molecule has 1 saturated heterocycles. The molecule has 22 heavy (non-hydrogen) atoms. The third-order valence-electron chi connectivity index (χ3n) is 5.57. The van der Waals surface area contributed by atoms with Crippen LogP contribution in [0.4, 0.5) is 0 Å². The van der Waals surface area contributed by atoms with Gasteiger partial charge in [-0.15, -0.1) is 0 Å². The lowest BCUT2D eigenvalue weighted by molar-refractivity contribution is -0.139. The second-order valence-electron chi connectivity index (χ2n) is 7.21. The standard InChI is InChI=1S/C18H31NO3/c1-2-16(12-14-6-4-3-5-7-14)18(22)19-10-8-15(9-11-19)13-17(20)21/h14-16H,2-13H2,1H3,(H,20,21). The molecule has 1 amide bonds. The number of carbonyl (C=O) groups is 2. The maximum atomic E-state index is 12.7. The van der Waals surface area contributed by atoms with Crippen molar-refractivity contribution in [1.29, 1.82) is 0 Å². The van der Waals surface area contributed by atoms with Crippen LogP contribution in [0.1, 0.15) is 71.1 Å². The summed E-state index contributed by atoms with van der Waals surface area (Å²) in [4.78, 5) is 25.5. The molecule has 1 N–H and O–H groups in total. The smallest absolute Gasteiger partial charge is 0.303 e. The lowest BCUT2D eigenvalue weighted by Crippen LogP contribution is -2.42. The number of aliphatic carboxylic acids is 1. The molecule has 2 aliphatic rings. The van der Waals surface area contributed by atoms with E-state index in [-0.39, 0.29) is 18.3 Å². The summed E-state index contributed by atoms with van der Waals surface area (Å²) in [6.45, 7) is 3.62. The van der Waals surface area contributed by atoms with Crippen molar-refractivity contribution in [2.24, 2.45) is 17.8 Å². The molecule has 0 aromatic rings. The number of amides is 1. The minimum Gasteiger partial charge on any atom is -0.481 e. The Morgan fingerprint density at radius 2 is 1.68 bits per heavy atom. The maximum Gasteiger partial charge on any atom is 0.303 e. The van der Waals surface area contributed by atoms with Crippen LogP contribution in [0.15, 0.2) is 0 Å². The largest absolute Gasteiger partial charge is 0.481 e. The number of hydrogen-bond acceptors (Lipinski definition) is 2. The molecule has 126 valence electrons. The Hall–Kier alpha value is -1.06. The normalized spacial score (nSPS) is 22.5. The van der Waals surface area contributed by atoms with Crippen LogP contribution in [0, 0.1) is 17.8 Å². The van der Waals surface area contributed by atoms with Crippen LogP contribution in [-0.2, 0) is 9.59 Å². The van der Waals surface area contributed by atoms with Crippen LogP contribution in [0.2, 0.25) is 0 Å². The van der Waals surface area contributed by atoms with E-state index in [2.05, 4.69) is 6.92 Å². The van der Waals surface area contributed by atoms with Gasteiger partial charge in [-0.3, -0.25) is 9.59 Å². The SMILES string of the molecule is CCC(CC1CCCCC1)C(=O)N1CCC(CC(=O)O)CC1. The molecule has 0 radical (unpaired) electrons. The van der Waals surface area contributed by atoms with Gasteiger partial charge in [0.25, 0.3) is 0 Å². The van der Waals surface area contributed by atoms with Gasteiger partial charge < -0.3 is 10.0 Å². The second kappa shape index (κ2) is 8.54. The Kier molecular flexibility index (Phi) is 6.71. The number of rotatable bonds is 6. The van der Waals surface area contributed by atoms with E-state index in [1.807, 2.05) is 4.90 Å². The summed E-state index contributed by atoms with van der Waals surface area (Å²) in [6.07, 6.45) is 10.5. The summed E-state index contributed by atoms with van der Waals surface area (Å²) in [5.41, 5.74) is 0. The number of carboxylic acid groups (broad SMARTS) is 1. The summed E-state index contributed by atoms with van der Waals surface area (Å²) in [6, 6.07) is 0. The third-order valence-corrected chi connectivity index (χ3v) is 5.57. The van der Waals surface area contributed by atoms with Gasteiger partial charge >= 0.3 is 5.97 Å². The van der Waals surface area contributed by atoms with E-state index in [4.69, 9.17) is 5.11 Å². The fourth-order valence-corrected chi connectivity index (χ4v) is 4.13. The first kappa shape index (κ1) is 17.3. The van der Waals surface area contributed by atoms with Gasteiger partial charge in [0.2, 0.25) is 5.91 Å². The topological polar surface area (TPSA) is 57.6 Å². The highest BCUT2D eigenvalue weighted by Crippen LogP contribution is 2.31. The minimum atomic E-state index is -0.714. The summed E-state index contributed by atoms with van der Waals surface area (Å²) in [5, 5.41) is 8.87. The highest BCUT2D eigenvalue weighted by molar-refractivity contribution is 5.79. The number of nitrogens with zero attached hydrogens (tertiary/aromatic N) is 1. The Labute approximate surface area is 134 Å². The predicted molar refractivity (Wildman–Crippen MR) is 86.5 cm³/mol. The summed E-state index contributed by atoms with van der Waals surface area (Å²) in [5.74, 6) is 0.779. The summed E-state index contributed by atoms with van der Waals surface area (Å²) >= 11 is 0. The summed E-state index contributed by atoms with van der Waals surface area (Å²) in [7, 11) is 0. The zero-order valence-electron chi connectivity index (χ0n) is 13.9. The molecular formula is C18H31NO3. The van der Waals surface area contributed by atoms with Crippen LogP contribution < -0.4 is 0 Å². The molecule has 0 aromatic carbocycles. The van der Waals surface area contributed by atoms with Gasteiger partial charge in [0, 0.05) is 25.4 Å². The molecule has 0 spiro atoms. The molecule has 0 aromatic heterocycles. The van der Waals surface area contributed by atoms with Gasteiger partial charge in [0.05, 0.1) is 0 Å². The highest BCUT2D eigenvalue weighted by atomic mass is 16.4. The second-order valence-corrected chi connectivity index (χ2v) is 7.21. The third kappa shape index (κ3) is 4.99. The van der Waals surface area contributed by atoms with Crippen molar-refractivity contribution in [2.45, 2.75) is 71.1 Å². The summed E-state index contributed by atoms with van der Waals surface area (Å²) < 4.78 is 0. The van der Waals surface area contributed by atoms with Crippen molar-refractivity contribution >= 4 is 11.9 Å². The molecular weight excluding hydrogens is 278 g/mol. The number of likely N-dealkylation sites (tertiary alicyclic amines) is 1. The van der Waals surface area contributed by atoms with E-state index in [0.29, 0.717) is 5.91 Å². The monoisotopic (exact) mass is 309 g/mol. The zero-order valence-corrected chi connectivity index (χ0v) is 13.9. The van der Waals surface area contributed by atoms with Gasteiger partial charge in [-0.1, -0.05) is 39.0 Å². The first-order chi connectivity index (χ1) is 10.6. The Balaban J connectivity index is 1.80. The molecule has 4 nitrogen and oxygen atoms in total. The molecule has 2 fully saturated rings. The molecule has 1 aliphatic carbocycles. The van der Waals surface area contributed by atoms with Crippen molar-refractivity contribution < 1.29 is 14.7 Å². The van der Waals surface area contributed by atoms with Crippen molar-refractivity contribution in [3.63, 3.8) is 0 Å². The van der Waals surface area contributed by atoms with Crippen molar-refractivity contribution in [3.8, 4) is 0 Å². The van der Waals surface area contributed by atoms with E-state index in [1.54, 1.807) is 0 Å². The van der Waals surface area contributed by atoms with Crippen molar-refractivity contribution in [1.82, 2.24) is 4.90 Å². The quantitative estimate of drug-likeness (QED) is 0.814. The van der Waals surface area contributed by atoms with Crippen LogP contribution in [0.5, 0.6) is 0 Å². The maximum absolute atomic E-state index is 12.7. The molecule has 2 rings (SSSR count). The first-order valence-electron chi connectivity index (χ1n) is 9.10. The number of hydrogen-bond donors (Lipinski definition) is 1. The fourth-order valence-electron chi connectivity index (χ4n) is 4.13. The zero-order chi connectivity index (χ0) is 15.9.